The van der Waals surface area contributed by atoms with Crippen LogP contribution in [0.4, 0.5) is 0 Å². The quantitative estimate of drug-likeness (QED) is 0.742. The van der Waals surface area contributed by atoms with Gasteiger partial charge in [0.05, 0.1) is 4.90 Å². The molecule has 124 valence electrons. The minimum absolute atomic E-state index is 0.236. The molecule has 0 amide bonds. The summed E-state index contributed by atoms with van der Waals surface area (Å²) in [5.41, 5.74) is 1.25. The van der Waals surface area contributed by atoms with Gasteiger partial charge in [-0.25, -0.2) is 13.1 Å². The molecule has 0 heterocycles. The lowest BCUT2D eigenvalue weighted by Gasteiger charge is -2.16. The highest BCUT2D eigenvalue weighted by Gasteiger charge is 2.12. The molecule has 4 nitrogen and oxygen atoms in total. The Bertz CT molecular complexity index is 703. The van der Waals surface area contributed by atoms with Crippen molar-refractivity contribution < 1.29 is 8.42 Å². The standard InChI is InChI=1S/C17H21ClN2O2S/c1-20(14-15-6-3-2-4-7-15)13-5-12-19-23(21,22)17-10-8-16(18)9-11-17/h2-4,6-11,19H,5,12-14H2,1H3. The number of nitrogens with zero attached hydrogens (tertiary/aromatic N) is 1. The van der Waals surface area contributed by atoms with Crippen LogP contribution < -0.4 is 4.72 Å². The van der Waals surface area contributed by atoms with Crippen LogP contribution in [-0.4, -0.2) is 33.5 Å². The zero-order valence-corrected chi connectivity index (χ0v) is 14.6. The molecule has 0 saturated carbocycles. The molecule has 1 N–H and O–H groups in total. The molecule has 2 aromatic carbocycles. The molecule has 0 bridgehead atoms. The molecule has 0 radical (unpaired) electrons. The fraction of sp³-hybridized carbons (Fsp3) is 0.294. The van der Waals surface area contributed by atoms with Crippen LogP contribution in [0.15, 0.2) is 59.5 Å². The minimum atomic E-state index is -3.46. The van der Waals surface area contributed by atoms with Gasteiger partial charge in [0.25, 0.3) is 0 Å². The van der Waals surface area contributed by atoms with E-state index in [-0.39, 0.29) is 4.90 Å². The van der Waals surface area contributed by atoms with E-state index in [1.807, 2.05) is 25.2 Å². The van der Waals surface area contributed by atoms with Crippen molar-refractivity contribution in [3.8, 4) is 0 Å². The van der Waals surface area contributed by atoms with E-state index in [0.29, 0.717) is 11.6 Å². The molecule has 2 rings (SSSR count). The van der Waals surface area contributed by atoms with Crippen molar-refractivity contribution >= 4 is 21.6 Å². The van der Waals surface area contributed by atoms with Gasteiger partial charge in [-0.1, -0.05) is 41.9 Å². The summed E-state index contributed by atoms with van der Waals surface area (Å²) in [6.45, 7) is 2.08. The fourth-order valence-corrected chi connectivity index (χ4v) is 3.43. The third-order valence-electron chi connectivity index (χ3n) is 3.43. The van der Waals surface area contributed by atoms with Crippen LogP contribution in [0.1, 0.15) is 12.0 Å². The van der Waals surface area contributed by atoms with Crippen LogP contribution in [0.2, 0.25) is 5.02 Å². The molecule has 0 spiro atoms. The lowest BCUT2D eigenvalue weighted by Crippen LogP contribution is -2.28. The van der Waals surface area contributed by atoms with E-state index in [1.165, 1.54) is 17.7 Å². The summed E-state index contributed by atoms with van der Waals surface area (Å²) in [6, 6.07) is 16.4. The van der Waals surface area contributed by atoms with Crippen molar-refractivity contribution in [2.45, 2.75) is 17.9 Å². The SMILES string of the molecule is CN(CCCNS(=O)(=O)c1ccc(Cl)cc1)Cc1ccccc1. The van der Waals surface area contributed by atoms with E-state index in [9.17, 15) is 8.42 Å². The van der Waals surface area contributed by atoms with Gasteiger partial charge in [-0.15, -0.1) is 0 Å². The molecule has 2 aromatic rings. The smallest absolute Gasteiger partial charge is 0.240 e. The van der Waals surface area contributed by atoms with E-state index < -0.39 is 10.0 Å². The summed E-state index contributed by atoms with van der Waals surface area (Å²) >= 11 is 5.77. The second kappa shape index (κ2) is 8.45. The molecule has 23 heavy (non-hydrogen) atoms. The van der Waals surface area contributed by atoms with Crippen LogP contribution in [0, 0.1) is 0 Å². The van der Waals surface area contributed by atoms with Crippen LogP contribution in [0.5, 0.6) is 0 Å². The van der Waals surface area contributed by atoms with E-state index >= 15 is 0 Å². The van der Waals surface area contributed by atoms with E-state index in [0.717, 1.165) is 19.5 Å². The Hall–Kier alpha value is -1.40. The van der Waals surface area contributed by atoms with Crippen LogP contribution in [-0.2, 0) is 16.6 Å². The number of benzene rings is 2. The van der Waals surface area contributed by atoms with Crippen molar-refractivity contribution in [3.63, 3.8) is 0 Å². The first-order valence-electron chi connectivity index (χ1n) is 7.45. The van der Waals surface area contributed by atoms with Crippen molar-refractivity contribution in [2.75, 3.05) is 20.1 Å². The Labute approximate surface area is 143 Å². The summed E-state index contributed by atoms with van der Waals surface area (Å²) in [5.74, 6) is 0. The van der Waals surface area contributed by atoms with Gasteiger partial charge in [-0.2, -0.15) is 0 Å². The second-order valence-corrected chi connectivity index (χ2v) is 7.63. The molecule has 0 aromatic heterocycles. The van der Waals surface area contributed by atoms with Gasteiger partial charge < -0.3 is 4.90 Å². The minimum Gasteiger partial charge on any atom is -0.302 e. The number of nitrogens with one attached hydrogen (secondary N) is 1. The summed E-state index contributed by atoms with van der Waals surface area (Å²) in [5, 5.41) is 0.520. The largest absolute Gasteiger partial charge is 0.302 e. The summed E-state index contributed by atoms with van der Waals surface area (Å²) < 4.78 is 26.8. The summed E-state index contributed by atoms with van der Waals surface area (Å²) in [7, 11) is -1.43. The average molecular weight is 353 g/mol. The van der Waals surface area contributed by atoms with Gasteiger partial charge in [0, 0.05) is 18.1 Å². The monoisotopic (exact) mass is 352 g/mol. The Morgan fingerprint density at radius 3 is 2.35 bits per heavy atom. The highest BCUT2D eigenvalue weighted by molar-refractivity contribution is 7.89. The van der Waals surface area contributed by atoms with Crippen LogP contribution in [0.25, 0.3) is 0 Å². The lowest BCUT2D eigenvalue weighted by molar-refractivity contribution is 0.322. The highest BCUT2D eigenvalue weighted by Crippen LogP contribution is 2.13. The first-order chi connectivity index (χ1) is 11.0. The maximum absolute atomic E-state index is 12.1. The maximum Gasteiger partial charge on any atom is 0.240 e. The molecule has 0 aliphatic carbocycles. The average Bonchev–Trinajstić information content (AvgIpc) is 2.53. The van der Waals surface area contributed by atoms with E-state index in [4.69, 9.17) is 11.6 Å². The molecular formula is C17H21ClN2O2S. The van der Waals surface area contributed by atoms with Gasteiger partial charge >= 0.3 is 0 Å². The molecule has 0 unspecified atom stereocenters. The van der Waals surface area contributed by atoms with Crippen molar-refractivity contribution in [1.82, 2.24) is 9.62 Å². The molecule has 0 atom stereocenters. The van der Waals surface area contributed by atoms with Crippen molar-refractivity contribution in [2.24, 2.45) is 0 Å². The zero-order chi connectivity index (χ0) is 16.7. The van der Waals surface area contributed by atoms with Gasteiger partial charge in [0.1, 0.15) is 0 Å². The predicted octanol–water partition coefficient (Wildman–Crippen LogP) is 3.14. The van der Waals surface area contributed by atoms with E-state index in [2.05, 4.69) is 21.8 Å². The molecule has 0 aliphatic heterocycles. The predicted molar refractivity (Wildman–Crippen MR) is 94.0 cm³/mol. The van der Waals surface area contributed by atoms with Crippen LogP contribution >= 0.6 is 11.6 Å². The topological polar surface area (TPSA) is 49.4 Å². The van der Waals surface area contributed by atoms with Crippen molar-refractivity contribution in [3.05, 3.63) is 65.2 Å². The van der Waals surface area contributed by atoms with Crippen molar-refractivity contribution in [1.29, 1.82) is 0 Å². The maximum atomic E-state index is 12.1. The third-order valence-corrected chi connectivity index (χ3v) is 5.16. The molecular weight excluding hydrogens is 332 g/mol. The first-order valence-corrected chi connectivity index (χ1v) is 9.31. The highest BCUT2D eigenvalue weighted by atomic mass is 35.5. The zero-order valence-electron chi connectivity index (χ0n) is 13.1. The number of hydrogen-bond acceptors (Lipinski definition) is 3. The third kappa shape index (κ3) is 5.95. The van der Waals surface area contributed by atoms with Gasteiger partial charge in [-0.3, -0.25) is 0 Å². The molecule has 0 saturated heterocycles. The summed E-state index contributed by atoms with van der Waals surface area (Å²) in [6.07, 6.45) is 0.746. The lowest BCUT2D eigenvalue weighted by atomic mass is 10.2. The molecule has 0 fully saturated rings. The Kier molecular flexibility index (Phi) is 6.59. The van der Waals surface area contributed by atoms with Gasteiger partial charge in [0.2, 0.25) is 10.0 Å². The first kappa shape index (κ1) is 17.9. The Morgan fingerprint density at radius 1 is 1.04 bits per heavy atom. The fourth-order valence-electron chi connectivity index (χ4n) is 2.23. The number of sulfonamides is 1. The molecule has 6 heteroatoms. The Morgan fingerprint density at radius 2 is 1.70 bits per heavy atom. The van der Waals surface area contributed by atoms with E-state index in [1.54, 1.807) is 12.1 Å². The normalized spacial score (nSPS) is 11.8. The second-order valence-electron chi connectivity index (χ2n) is 5.43. The Balaban J connectivity index is 1.75. The number of rotatable bonds is 8. The van der Waals surface area contributed by atoms with Gasteiger partial charge in [-0.05, 0) is 49.8 Å². The van der Waals surface area contributed by atoms with Crippen LogP contribution in [0.3, 0.4) is 0 Å². The number of hydrogen-bond donors (Lipinski definition) is 1. The summed E-state index contributed by atoms with van der Waals surface area (Å²) in [4.78, 5) is 2.41. The number of halogens is 1. The van der Waals surface area contributed by atoms with Gasteiger partial charge in [0.15, 0.2) is 0 Å². The molecule has 0 aliphatic rings.